The van der Waals surface area contributed by atoms with Crippen molar-refractivity contribution >= 4 is 21.9 Å². The molecule has 0 amide bonds. The number of carbonyl (C=O) groups is 1. The van der Waals surface area contributed by atoms with Crippen molar-refractivity contribution in [2.75, 3.05) is 25.2 Å². The van der Waals surface area contributed by atoms with E-state index in [1.54, 1.807) is 0 Å². The first kappa shape index (κ1) is 35.4. The summed E-state index contributed by atoms with van der Waals surface area (Å²) in [5, 5.41) is 22.6. The number of hydrogen-bond acceptors (Lipinski definition) is 5. The first-order chi connectivity index (χ1) is 19.2. The van der Waals surface area contributed by atoms with Crippen LogP contribution in [0.15, 0.2) is 29.9 Å². The molecular formula is C34H53BrO6. The second-order valence-corrected chi connectivity index (χ2v) is 13.5. The Hall–Kier alpha value is -1.83. The molecule has 0 aliphatic heterocycles. The fourth-order valence-electron chi connectivity index (χ4n) is 5.48. The van der Waals surface area contributed by atoms with Gasteiger partial charge in [0.1, 0.15) is 23.7 Å². The van der Waals surface area contributed by atoms with Crippen molar-refractivity contribution in [1.29, 1.82) is 0 Å². The Morgan fingerprint density at radius 2 is 1.76 bits per heavy atom. The number of allylic oxidation sites excluding steroid dienone is 3. The van der Waals surface area contributed by atoms with Crippen LogP contribution in [0.2, 0.25) is 0 Å². The van der Waals surface area contributed by atoms with Crippen molar-refractivity contribution in [3.63, 3.8) is 0 Å². The fraction of sp³-hybridized carbons (Fsp3) is 0.676. The Morgan fingerprint density at radius 1 is 1.10 bits per heavy atom. The van der Waals surface area contributed by atoms with Crippen molar-refractivity contribution in [1.82, 2.24) is 0 Å². The first-order valence-electron chi connectivity index (χ1n) is 15.1. The van der Waals surface area contributed by atoms with E-state index in [0.717, 1.165) is 55.8 Å². The molecule has 0 saturated carbocycles. The Kier molecular flexibility index (Phi) is 13.9. The molecule has 1 aromatic rings. The van der Waals surface area contributed by atoms with Crippen LogP contribution >= 0.6 is 15.9 Å². The van der Waals surface area contributed by atoms with E-state index in [1.807, 2.05) is 26.8 Å². The summed E-state index contributed by atoms with van der Waals surface area (Å²) in [6.45, 7) is 19.9. The molecule has 0 fully saturated rings. The number of halogens is 1. The zero-order chi connectivity index (χ0) is 30.8. The average Bonchev–Trinajstić information content (AvgIpc) is 2.86. The average molecular weight is 638 g/mol. The van der Waals surface area contributed by atoms with Gasteiger partial charge in [-0.2, -0.15) is 0 Å². The highest BCUT2D eigenvalue weighted by Gasteiger charge is 2.34. The Morgan fingerprint density at radius 3 is 2.37 bits per heavy atom. The number of hydrogen-bond donors (Lipinski definition) is 2. The number of ether oxygens (including phenoxy) is 3. The highest BCUT2D eigenvalue weighted by Crippen LogP contribution is 2.48. The first-order valence-corrected chi connectivity index (χ1v) is 16.3. The summed E-state index contributed by atoms with van der Waals surface area (Å²) < 4.78 is 18.6. The lowest BCUT2D eigenvalue weighted by molar-refractivity contribution is -0.0770. The van der Waals surface area contributed by atoms with Gasteiger partial charge in [0.2, 0.25) is 0 Å². The Bertz CT molecular complexity index is 1060. The van der Waals surface area contributed by atoms with Gasteiger partial charge < -0.3 is 24.4 Å². The van der Waals surface area contributed by atoms with Crippen LogP contribution in [-0.2, 0) is 15.9 Å². The van der Waals surface area contributed by atoms with E-state index in [-0.39, 0.29) is 35.4 Å². The minimum absolute atomic E-state index is 0.0132. The maximum absolute atomic E-state index is 12.4. The topological polar surface area (TPSA) is 85.2 Å². The maximum atomic E-state index is 12.4. The van der Waals surface area contributed by atoms with Crippen molar-refractivity contribution in [2.45, 2.75) is 117 Å². The lowest BCUT2D eigenvalue weighted by atomic mass is 9.73. The molecule has 1 aliphatic rings. The van der Waals surface area contributed by atoms with Crippen LogP contribution in [0, 0.1) is 5.92 Å². The van der Waals surface area contributed by atoms with E-state index in [1.165, 1.54) is 5.57 Å². The van der Waals surface area contributed by atoms with Crippen LogP contribution < -0.4 is 4.74 Å². The molecule has 1 aromatic carbocycles. The fourth-order valence-corrected chi connectivity index (χ4v) is 6.43. The molecule has 0 saturated heterocycles. The summed E-state index contributed by atoms with van der Waals surface area (Å²) >= 11 is 3.49. The monoisotopic (exact) mass is 636 g/mol. The number of benzene rings is 1. The summed E-state index contributed by atoms with van der Waals surface area (Å²) in [6.07, 6.45) is 9.08. The number of carboxylic acids is 1. The van der Waals surface area contributed by atoms with Crippen LogP contribution in [0.3, 0.4) is 0 Å². The van der Waals surface area contributed by atoms with Crippen LogP contribution in [0.25, 0.3) is 0 Å². The highest BCUT2D eigenvalue weighted by molar-refractivity contribution is 9.09. The second-order valence-electron chi connectivity index (χ2n) is 12.7. The molecule has 6 nitrogen and oxygen atoms in total. The number of aromatic carboxylic acids is 1. The molecule has 0 radical (unpaired) electrons. The molecule has 41 heavy (non-hydrogen) atoms. The van der Waals surface area contributed by atoms with Gasteiger partial charge >= 0.3 is 5.97 Å². The van der Waals surface area contributed by atoms with Gasteiger partial charge in [-0.25, -0.2) is 4.79 Å². The van der Waals surface area contributed by atoms with Gasteiger partial charge in [0.15, 0.2) is 0 Å². The molecular weight excluding hydrogens is 584 g/mol. The zero-order valence-electron chi connectivity index (χ0n) is 26.4. The second kappa shape index (κ2) is 16.1. The van der Waals surface area contributed by atoms with Crippen LogP contribution in [0.4, 0.5) is 0 Å². The predicted octanol–water partition coefficient (Wildman–Crippen LogP) is 8.98. The van der Waals surface area contributed by atoms with Crippen molar-refractivity contribution in [2.24, 2.45) is 5.92 Å². The molecule has 0 spiro atoms. The Balaban J connectivity index is 2.31. The van der Waals surface area contributed by atoms with Gasteiger partial charge in [-0.05, 0) is 97.6 Å². The van der Waals surface area contributed by atoms with E-state index < -0.39 is 11.6 Å². The Labute approximate surface area is 256 Å². The summed E-state index contributed by atoms with van der Waals surface area (Å²) in [4.78, 5) is 12.4. The summed E-state index contributed by atoms with van der Waals surface area (Å²) in [7, 11) is 0. The lowest BCUT2D eigenvalue weighted by Crippen LogP contribution is -2.32. The van der Waals surface area contributed by atoms with Crippen molar-refractivity contribution in [3.05, 3.63) is 46.6 Å². The summed E-state index contributed by atoms with van der Waals surface area (Å²) in [6, 6.07) is 1.84. The van der Waals surface area contributed by atoms with Crippen molar-refractivity contribution < 1.29 is 29.2 Å². The van der Waals surface area contributed by atoms with Crippen LogP contribution in [0.5, 0.6) is 11.5 Å². The number of aryl methyl sites for hydroxylation is 1. The molecule has 0 bridgehead atoms. The number of carboxylic acid groups (broad SMARTS) is 1. The molecule has 1 aliphatic carbocycles. The normalized spacial score (nSPS) is 17.8. The third-order valence-electron chi connectivity index (χ3n) is 8.09. The predicted molar refractivity (Wildman–Crippen MR) is 171 cm³/mol. The smallest absolute Gasteiger partial charge is 0.339 e. The maximum Gasteiger partial charge on any atom is 0.339 e. The molecule has 2 atom stereocenters. The molecule has 232 valence electrons. The van der Waals surface area contributed by atoms with E-state index in [4.69, 9.17) is 14.2 Å². The highest BCUT2D eigenvalue weighted by atomic mass is 79.9. The zero-order valence-corrected chi connectivity index (χ0v) is 28.0. The SMILES string of the molecule is C=C(C)C1CCC(C)=CC1c1c(OCCOC(C)(C)CCOC(C)(C)CCBr)cc(CCCCC)c(C(=O)O)c1O. The number of unbranched alkanes of at least 4 members (excludes halogenated alkanes) is 2. The van der Waals surface area contributed by atoms with Gasteiger partial charge in [-0.3, -0.25) is 0 Å². The van der Waals surface area contributed by atoms with Gasteiger partial charge in [0, 0.05) is 16.8 Å². The van der Waals surface area contributed by atoms with E-state index in [9.17, 15) is 15.0 Å². The largest absolute Gasteiger partial charge is 0.507 e. The van der Waals surface area contributed by atoms with Crippen molar-refractivity contribution in [3.8, 4) is 11.5 Å². The quantitative estimate of drug-likeness (QED) is 0.0950. The lowest BCUT2D eigenvalue weighted by Gasteiger charge is -2.33. The van der Waals surface area contributed by atoms with Crippen LogP contribution in [-0.4, -0.2) is 52.5 Å². The molecule has 7 heteroatoms. The molecule has 2 rings (SSSR count). The molecule has 0 heterocycles. The third kappa shape index (κ3) is 10.7. The van der Waals surface area contributed by atoms with E-state index >= 15 is 0 Å². The minimum atomic E-state index is -1.11. The minimum Gasteiger partial charge on any atom is -0.507 e. The van der Waals surface area contributed by atoms with E-state index in [2.05, 4.69) is 56.3 Å². The summed E-state index contributed by atoms with van der Waals surface area (Å²) in [5.74, 6) is -0.896. The van der Waals surface area contributed by atoms with E-state index in [0.29, 0.717) is 36.5 Å². The number of alkyl halides is 1. The molecule has 2 unspecified atom stereocenters. The van der Waals surface area contributed by atoms with Gasteiger partial charge in [0.25, 0.3) is 0 Å². The third-order valence-corrected chi connectivity index (χ3v) is 8.48. The molecule has 0 aromatic heterocycles. The number of aromatic hydroxyl groups is 1. The van der Waals surface area contributed by atoms with Gasteiger partial charge in [0.05, 0.1) is 24.4 Å². The summed E-state index contributed by atoms with van der Waals surface area (Å²) in [5.41, 5.74) is 2.77. The molecule has 2 N–H and O–H groups in total. The number of phenols is 1. The van der Waals surface area contributed by atoms with Gasteiger partial charge in [-0.1, -0.05) is 59.5 Å². The number of rotatable bonds is 18. The standard InChI is InChI=1S/C34H53BrO6/c1-9-10-11-12-25-22-28(39-19-20-41-34(7,8)16-18-40-33(5,6)15-17-35)30(31(36)29(25)32(37)38)27-21-24(4)13-14-26(27)23(2)3/h21-22,26-27,36H,2,9-20H2,1,3-8H3,(H,37,38). The van der Waals surface area contributed by atoms with Gasteiger partial charge in [-0.15, -0.1) is 0 Å². The van der Waals surface area contributed by atoms with Crippen LogP contribution in [0.1, 0.15) is 121 Å².